The fourth-order valence-electron chi connectivity index (χ4n) is 4.15. The highest BCUT2D eigenvalue weighted by Crippen LogP contribution is 2.35. The van der Waals surface area contributed by atoms with E-state index in [0.717, 1.165) is 19.2 Å². The third kappa shape index (κ3) is 6.76. The zero-order valence-electron chi connectivity index (χ0n) is 21.5. The Morgan fingerprint density at radius 3 is 2.13 bits per heavy atom. The van der Waals surface area contributed by atoms with Crippen LogP contribution >= 0.6 is 0 Å². The van der Waals surface area contributed by atoms with Crippen LogP contribution in [0.1, 0.15) is 38.1 Å². The second kappa shape index (κ2) is 12.4. The average molecular weight is 532 g/mol. The first-order chi connectivity index (χ1) is 18.0. The molecule has 1 amide bonds. The summed E-state index contributed by atoms with van der Waals surface area (Å²) in [5.41, 5.74) is 0.0686. The minimum absolute atomic E-state index is 0.0686. The minimum Gasteiger partial charge on any atom is -0.465 e. The van der Waals surface area contributed by atoms with Crippen LogP contribution in [0.3, 0.4) is 0 Å². The summed E-state index contributed by atoms with van der Waals surface area (Å²) in [6.45, 7) is 4.30. The molecule has 0 unspecified atom stereocenters. The molecule has 1 aliphatic heterocycles. The number of nitrogens with one attached hydrogen (secondary N) is 1. The van der Waals surface area contributed by atoms with Gasteiger partial charge in [-0.2, -0.15) is 0 Å². The Hall–Kier alpha value is -4.19. The molecule has 1 saturated heterocycles. The molecular formula is C26H29NO11. The largest absolute Gasteiger partial charge is 0.465 e. The summed E-state index contributed by atoms with van der Waals surface area (Å²) in [7, 11) is 1.22. The normalized spacial score (nSPS) is 22.6. The molecule has 2 aromatic rings. The molecule has 3 rings (SSSR count). The van der Waals surface area contributed by atoms with Crippen molar-refractivity contribution in [3.63, 3.8) is 0 Å². The van der Waals surface area contributed by atoms with Gasteiger partial charge >= 0.3 is 23.9 Å². The summed E-state index contributed by atoms with van der Waals surface area (Å²) in [5.74, 6) is -3.25. The summed E-state index contributed by atoms with van der Waals surface area (Å²) >= 11 is 0. The topological polar surface area (TPSA) is 153 Å². The molecule has 1 fully saturated rings. The van der Waals surface area contributed by atoms with Gasteiger partial charge in [-0.3, -0.25) is 19.2 Å². The van der Waals surface area contributed by atoms with Gasteiger partial charge in [0.2, 0.25) is 12.2 Å². The summed E-state index contributed by atoms with van der Waals surface area (Å²) in [5, 5.41) is 3.89. The van der Waals surface area contributed by atoms with Crippen LogP contribution in [0.25, 0.3) is 10.8 Å². The van der Waals surface area contributed by atoms with E-state index in [-0.39, 0.29) is 11.3 Å². The molecule has 0 bridgehead atoms. The Morgan fingerprint density at radius 1 is 0.868 bits per heavy atom. The lowest BCUT2D eigenvalue weighted by Gasteiger charge is -2.45. The van der Waals surface area contributed by atoms with E-state index in [1.54, 1.807) is 30.3 Å². The summed E-state index contributed by atoms with van der Waals surface area (Å²) in [6, 6.07) is 9.08. The smallest absolute Gasteiger partial charge is 0.341 e. The molecule has 1 N–H and O–H groups in total. The molecule has 2 aromatic carbocycles. The fraction of sp³-hybridized carbons (Fsp3) is 0.423. The number of hydrogen-bond donors (Lipinski definition) is 1. The Kier molecular flexibility index (Phi) is 9.24. The average Bonchev–Trinajstić information content (AvgIpc) is 2.85. The van der Waals surface area contributed by atoms with Crippen LogP contribution in [0.2, 0.25) is 0 Å². The predicted octanol–water partition coefficient (Wildman–Crippen LogP) is 1.66. The number of carbonyl (C=O) groups excluding carboxylic acids is 5. The third-order valence-electron chi connectivity index (χ3n) is 5.59. The molecule has 12 heteroatoms. The molecule has 38 heavy (non-hydrogen) atoms. The fourth-order valence-corrected chi connectivity index (χ4v) is 4.15. The van der Waals surface area contributed by atoms with Gasteiger partial charge in [0, 0.05) is 33.1 Å². The van der Waals surface area contributed by atoms with Crippen molar-refractivity contribution in [2.75, 3.05) is 13.7 Å². The van der Waals surface area contributed by atoms with E-state index in [0.29, 0.717) is 5.39 Å². The van der Waals surface area contributed by atoms with Gasteiger partial charge in [-0.1, -0.05) is 30.3 Å². The Labute approximate surface area is 218 Å². The van der Waals surface area contributed by atoms with Crippen molar-refractivity contribution < 1.29 is 52.4 Å². The van der Waals surface area contributed by atoms with Crippen LogP contribution in [0.5, 0.6) is 5.75 Å². The quantitative estimate of drug-likeness (QED) is 0.391. The van der Waals surface area contributed by atoms with E-state index in [1.807, 2.05) is 0 Å². The molecule has 0 radical (unpaired) electrons. The number of esters is 4. The van der Waals surface area contributed by atoms with E-state index >= 15 is 0 Å². The Balaban J connectivity index is 2.15. The molecule has 1 aliphatic rings. The highest BCUT2D eigenvalue weighted by molar-refractivity contribution is 6.01. The predicted molar refractivity (Wildman–Crippen MR) is 130 cm³/mol. The van der Waals surface area contributed by atoms with Crippen molar-refractivity contribution in [2.45, 2.75) is 58.3 Å². The molecule has 0 spiro atoms. The lowest BCUT2D eigenvalue weighted by molar-refractivity contribution is -0.257. The number of hydrogen-bond acceptors (Lipinski definition) is 11. The Morgan fingerprint density at radius 2 is 1.53 bits per heavy atom. The van der Waals surface area contributed by atoms with E-state index in [2.05, 4.69) is 5.32 Å². The van der Waals surface area contributed by atoms with Crippen molar-refractivity contribution in [1.82, 2.24) is 5.32 Å². The second-order valence-corrected chi connectivity index (χ2v) is 8.49. The lowest BCUT2D eigenvalue weighted by atomic mass is 9.95. The van der Waals surface area contributed by atoms with Gasteiger partial charge in [0.15, 0.2) is 12.2 Å². The number of rotatable bonds is 8. The van der Waals surface area contributed by atoms with Crippen molar-refractivity contribution in [3.8, 4) is 5.75 Å². The monoisotopic (exact) mass is 531 g/mol. The van der Waals surface area contributed by atoms with Crippen LogP contribution in [0, 0.1) is 0 Å². The third-order valence-corrected chi connectivity index (χ3v) is 5.59. The lowest BCUT2D eigenvalue weighted by Crippen LogP contribution is -2.67. The second-order valence-electron chi connectivity index (χ2n) is 8.49. The number of fused-ring (bicyclic) bond motifs is 1. The van der Waals surface area contributed by atoms with Crippen LogP contribution in [0.15, 0.2) is 36.4 Å². The van der Waals surface area contributed by atoms with Crippen LogP contribution in [0.4, 0.5) is 0 Å². The van der Waals surface area contributed by atoms with Crippen molar-refractivity contribution >= 4 is 40.6 Å². The number of amides is 1. The highest BCUT2D eigenvalue weighted by Gasteiger charge is 2.52. The maximum atomic E-state index is 12.6. The molecule has 204 valence electrons. The standard InChI is InChI=1S/C26H29NO11/c1-13(28)27-21-24(36-16(4)31)23(35-15(3)30)20(12-34-14(2)29)37-26(21)38-22-18-9-7-6-8-17(18)10-11-19(22)25(32)33-5/h6-11,20-21,23-24,26H,12H2,1-5H3,(H,27,28)/t20-,21-,23+,24-,26+/m0/s1. The van der Waals surface area contributed by atoms with Crippen LogP contribution in [-0.4, -0.2) is 74.1 Å². The van der Waals surface area contributed by atoms with Gasteiger partial charge in [-0.25, -0.2) is 4.79 Å². The van der Waals surface area contributed by atoms with E-state index < -0.39 is 67.0 Å². The maximum Gasteiger partial charge on any atom is 0.341 e. The Bertz CT molecular complexity index is 1230. The van der Waals surface area contributed by atoms with Gasteiger partial charge in [-0.05, 0) is 11.5 Å². The molecule has 0 aliphatic carbocycles. The van der Waals surface area contributed by atoms with Gasteiger partial charge in [0.05, 0.1) is 7.11 Å². The molecule has 0 saturated carbocycles. The molecule has 0 aromatic heterocycles. The van der Waals surface area contributed by atoms with Gasteiger partial charge in [-0.15, -0.1) is 0 Å². The van der Waals surface area contributed by atoms with Crippen molar-refractivity contribution in [3.05, 3.63) is 42.0 Å². The summed E-state index contributed by atoms with van der Waals surface area (Å²) in [4.78, 5) is 60.3. The van der Waals surface area contributed by atoms with E-state index in [9.17, 15) is 24.0 Å². The van der Waals surface area contributed by atoms with Crippen LogP contribution in [-0.2, 0) is 42.9 Å². The number of carbonyl (C=O) groups is 5. The molecule has 1 heterocycles. The van der Waals surface area contributed by atoms with Crippen molar-refractivity contribution in [2.24, 2.45) is 0 Å². The first-order valence-corrected chi connectivity index (χ1v) is 11.7. The number of methoxy groups -OCH3 is 1. The van der Waals surface area contributed by atoms with E-state index in [1.165, 1.54) is 27.0 Å². The highest BCUT2D eigenvalue weighted by atomic mass is 16.7. The van der Waals surface area contributed by atoms with E-state index in [4.69, 9.17) is 28.4 Å². The SMILES string of the molecule is COC(=O)c1ccc2ccccc2c1O[C@H]1O[C@@H](COC(C)=O)[C@@H](OC(C)=O)[C@@H](OC(C)=O)[C@@H]1NC(C)=O. The van der Waals surface area contributed by atoms with Gasteiger partial charge < -0.3 is 33.7 Å². The summed E-state index contributed by atoms with van der Waals surface area (Å²) in [6.07, 6.45) is -5.15. The summed E-state index contributed by atoms with van der Waals surface area (Å²) < 4.78 is 33.2. The first kappa shape index (κ1) is 28.4. The molecule has 12 nitrogen and oxygen atoms in total. The first-order valence-electron chi connectivity index (χ1n) is 11.7. The maximum absolute atomic E-state index is 12.6. The zero-order chi connectivity index (χ0) is 28.0. The number of benzene rings is 2. The van der Waals surface area contributed by atoms with Gasteiger partial charge in [0.25, 0.3) is 0 Å². The van der Waals surface area contributed by atoms with Crippen LogP contribution < -0.4 is 10.1 Å². The van der Waals surface area contributed by atoms with Crippen molar-refractivity contribution in [1.29, 1.82) is 0 Å². The number of ether oxygens (including phenoxy) is 6. The molecule has 5 atom stereocenters. The van der Waals surface area contributed by atoms with Gasteiger partial charge in [0.1, 0.15) is 30.1 Å². The molecular weight excluding hydrogens is 502 g/mol. The minimum atomic E-state index is -1.40. The zero-order valence-corrected chi connectivity index (χ0v) is 21.5.